The molecule has 2 aromatic rings. The summed E-state index contributed by atoms with van der Waals surface area (Å²) in [6.07, 6.45) is 3.38. The van der Waals surface area contributed by atoms with Gasteiger partial charge in [-0.25, -0.2) is 0 Å². The van der Waals surface area contributed by atoms with Crippen LogP contribution in [0.25, 0.3) is 0 Å². The number of piperazine rings is 1. The topological polar surface area (TPSA) is 49.9 Å². The van der Waals surface area contributed by atoms with Crippen LogP contribution >= 0.6 is 11.6 Å². The Bertz CT molecular complexity index is 897. The second-order valence-corrected chi connectivity index (χ2v) is 7.74. The normalized spacial score (nSPS) is 18.9. The number of halogens is 1. The smallest absolute Gasteiger partial charge is 0.261 e. The number of anilines is 1. The van der Waals surface area contributed by atoms with Crippen molar-refractivity contribution in [1.29, 1.82) is 0 Å². The maximum Gasteiger partial charge on any atom is 0.261 e. The Kier molecular flexibility index (Phi) is 5.27. The van der Waals surface area contributed by atoms with Crippen molar-refractivity contribution in [1.82, 2.24) is 4.90 Å². The third-order valence-corrected chi connectivity index (χ3v) is 5.80. The van der Waals surface area contributed by atoms with Gasteiger partial charge in [-0.15, -0.1) is 0 Å². The zero-order valence-corrected chi connectivity index (χ0v) is 16.6. The number of hydrogen-bond acceptors (Lipinski definition) is 3. The van der Waals surface area contributed by atoms with E-state index in [1.54, 1.807) is 41.0 Å². The highest BCUT2D eigenvalue weighted by Crippen LogP contribution is 2.28. The van der Waals surface area contributed by atoms with E-state index in [1.807, 2.05) is 6.07 Å². The molecule has 146 valence electrons. The van der Waals surface area contributed by atoms with Crippen LogP contribution in [0.2, 0.25) is 5.02 Å². The molecule has 0 bridgehead atoms. The molecule has 2 aromatic carbocycles. The van der Waals surface area contributed by atoms with E-state index in [0.717, 1.165) is 18.5 Å². The number of carbonyl (C=O) groups excluding carboxylic acids is 2. The Hall–Kier alpha value is -2.53. The van der Waals surface area contributed by atoms with Crippen LogP contribution in [0, 0.1) is 0 Å². The fraction of sp³-hybridized carbons (Fsp3) is 0.364. The van der Waals surface area contributed by atoms with E-state index >= 15 is 0 Å². The Morgan fingerprint density at radius 3 is 2.64 bits per heavy atom. The fourth-order valence-electron chi connectivity index (χ4n) is 3.95. The van der Waals surface area contributed by atoms with Crippen LogP contribution in [0.5, 0.6) is 5.75 Å². The van der Waals surface area contributed by atoms with Gasteiger partial charge in [-0.2, -0.15) is 0 Å². The van der Waals surface area contributed by atoms with Crippen LogP contribution in [-0.2, 0) is 22.4 Å². The molecule has 0 N–H and O–H groups in total. The van der Waals surface area contributed by atoms with Crippen molar-refractivity contribution in [2.75, 3.05) is 24.6 Å². The number of ether oxygens (including phenoxy) is 1. The summed E-state index contributed by atoms with van der Waals surface area (Å²) in [5.41, 5.74) is 3.66. The minimum atomic E-state index is -0.511. The highest BCUT2D eigenvalue weighted by molar-refractivity contribution is 6.30. The van der Waals surface area contributed by atoms with Gasteiger partial charge in [-0.05, 0) is 73.7 Å². The molecule has 0 spiro atoms. The first-order chi connectivity index (χ1) is 13.5. The maximum atomic E-state index is 12.9. The van der Waals surface area contributed by atoms with Crippen LogP contribution in [-0.4, -0.2) is 42.5 Å². The summed E-state index contributed by atoms with van der Waals surface area (Å²) >= 11 is 5.85. The van der Waals surface area contributed by atoms with Crippen LogP contribution < -0.4 is 9.64 Å². The number of hydrogen-bond donors (Lipinski definition) is 0. The molecule has 0 unspecified atom stereocenters. The van der Waals surface area contributed by atoms with Crippen molar-refractivity contribution in [2.45, 2.75) is 32.2 Å². The number of rotatable bonds is 4. The third-order valence-electron chi connectivity index (χ3n) is 5.55. The minimum Gasteiger partial charge on any atom is -0.484 e. The molecular formula is C22H23ClN2O3. The van der Waals surface area contributed by atoms with Gasteiger partial charge in [0.1, 0.15) is 11.8 Å². The standard InChI is InChI=1S/C22H23ClN2O3/c1-15-22(27)25(19-8-5-16-3-2-4-17(16)13-19)12-11-24(15)21(26)14-28-20-9-6-18(23)7-10-20/h5-10,13,15H,2-4,11-12,14H2,1H3/t15-/m1/s1. The second kappa shape index (κ2) is 7.84. The predicted molar refractivity (Wildman–Crippen MR) is 109 cm³/mol. The molecule has 0 radical (unpaired) electrons. The van der Waals surface area contributed by atoms with Gasteiger partial charge >= 0.3 is 0 Å². The summed E-state index contributed by atoms with van der Waals surface area (Å²) in [5.74, 6) is 0.335. The van der Waals surface area contributed by atoms with E-state index < -0.39 is 6.04 Å². The minimum absolute atomic E-state index is 0.0518. The predicted octanol–water partition coefficient (Wildman–Crippen LogP) is 3.47. The summed E-state index contributed by atoms with van der Waals surface area (Å²) in [7, 11) is 0. The Labute approximate surface area is 169 Å². The molecule has 0 aromatic heterocycles. The molecule has 1 aliphatic carbocycles. The van der Waals surface area contributed by atoms with Gasteiger partial charge in [0.15, 0.2) is 6.61 Å². The Balaban J connectivity index is 1.40. The average Bonchev–Trinajstić information content (AvgIpc) is 3.17. The van der Waals surface area contributed by atoms with Gasteiger partial charge in [0, 0.05) is 23.8 Å². The number of carbonyl (C=O) groups is 2. The van der Waals surface area contributed by atoms with E-state index in [4.69, 9.17) is 16.3 Å². The number of benzene rings is 2. The molecule has 1 heterocycles. The van der Waals surface area contributed by atoms with Crippen LogP contribution in [0.3, 0.4) is 0 Å². The first kappa shape index (κ1) is 18.8. The van der Waals surface area contributed by atoms with Gasteiger partial charge in [0.25, 0.3) is 5.91 Å². The van der Waals surface area contributed by atoms with E-state index in [0.29, 0.717) is 23.9 Å². The van der Waals surface area contributed by atoms with Crippen molar-refractivity contribution in [3.05, 3.63) is 58.6 Å². The molecule has 5 nitrogen and oxygen atoms in total. The molecule has 1 atom stereocenters. The number of nitrogens with zero attached hydrogens (tertiary/aromatic N) is 2. The van der Waals surface area contributed by atoms with Gasteiger partial charge in [0.2, 0.25) is 5.91 Å². The highest BCUT2D eigenvalue weighted by Gasteiger charge is 2.35. The van der Waals surface area contributed by atoms with Gasteiger partial charge in [-0.3, -0.25) is 9.59 Å². The largest absolute Gasteiger partial charge is 0.484 e. The maximum absolute atomic E-state index is 12.9. The molecule has 2 aliphatic rings. The van der Waals surface area contributed by atoms with E-state index in [9.17, 15) is 9.59 Å². The quantitative estimate of drug-likeness (QED) is 0.792. The van der Waals surface area contributed by atoms with Crippen LogP contribution in [0.1, 0.15) is 24.5 Å². The average molecular weight is 399 g/mol. The van der Waals surface area contributed by atoms with Gasteiger partial charge in [-0.1, -0.05) is 17.7 Å². The van der Waals surface area contributed by atoms with E-state index in [2.05, 4.69) is 12.1 Å². The van der Waals surface area contributed by atoms with Crippen LogP contribution in [0.4, 0.5) is 5.69 Å². The van der Waals surface area contributed by atoms with Crippen molar-refractivity contribution < 1.29 is 14.3 Å². The zero-order valence-electron chi connectivity index (χ0n) is 15.9. The Morgan fingerprint density at radius 2 is 1.86 bits per heavy atom. The van der Waals surface area contributed by atoms with Crippen LogP contribution in [0.15, 0.2) is 42.5 Å². The van der Waals surface area contributed by atoms with Crippen molar-refractivity contribution in [2.24, 2.45) is 0 Å². The van der Waals surface area contributed by atoms with Gasteiger partial charge < -0.3 is 14.5 Å². The van der Waals surface area contributed by atoms with Crippen molar-refractivity contribution in [3.8, 4) is 5.75 Å². The lowest BCUT2D eigenvalue weighted by atomic mass is 10.1. The van der Waals surface area contributed by atoms with E-state index in [1.165, 1.54) is 17.5 Å². The number of fused-ring (bicyclic) bond motifs is 1. The molecule has 6 heteroatoms. The monoisotopic (exact) mass is 398 g/mol. The highest BCUT2D eigenvalue weighted by atomic mass is 35.5. The Morgan fingerprint density at radius 1 is 1.11 bits per heavy atom. The molecule has 4 rings (SSSR count). The summed E-state index contributed by atoms with van der Waals surface area (Å²) in [6, 6.07) is 12.6. The SMILES string of the molecule is C[C@@H]1C(=O)N(c2ccc3c(c2)CCC3)CCN1C(=O)COc1ccc(Cl)cc1. The molecule has 1 aliphatic heterocycles. The molecular weight excluding hydrogens is 376 g/mol. The molecule has 0 saturated carbocycles. The summed E-state index contributed by atoms with van der Waals surface area (Å²) in [4.78, 5) is 28.9. The van der Waals surface area contributed by atoms with E-state index in [-0.39, 0.29) is 18.4 Å². The first-order valence-electron chi connectivity index (χ1n) is 9.64. The fourth-order valence-corrected chi connectivity index (χ4v) is 4.08. The second-order valence-electron chi connectivity index (χ2n) is 7.30. The summed E-state index contributed by atoms with van der Waals surface area (Å²) in [5, 5.41) is 0.612. The number of amides is 2. The molecule has 28 heavy (non-hydrogen) atoms. The van der Waals surface area contributed by atoms with Gasteiger partial charge in [0.05, 0.1) is 0 Å². The number of aryl methyl sites for hydroxylation is 2. The van der Waals surface area contributed by atoms with Crippen molar-refractivity contribution in [3.63, 3.8) is 0 Å². The summed E-state index contributed by atoms with van der Waals surface area (Å²) < 4.78 is 5.55. The van der Waals surface area contributed by atoms with Crippen molar-refractivity contribution >= 4 is 29.1 Å². The molecule has 2 amide bonds. The molecule has 1 saturated heterocycles. The third kappa shape index (κ3) is 3.72. The lowest BCUT2D eigenvalue weighted by Crippen LogP contribution is -2.58. The summed E-state index contributed by atoms with van der Waals surface area (Å²) in [6.45, 7) is 2.67. The lowest BCUT2D eigenvalue weighted by molar-refractivity contribution is -0.142. The lowest BCUT2D eigenvalue weighted by Gasteiger charge is -2.39. The first-order valence-corrected chi connectivity index (χ1v) is 10.0. The molecule has 1 fully saturated rings. The zero-order chi connectivity index (χ0) is 19.7.